The number of amides is 1. The van der Waals surface area contributed by atoms with Crippen LogP contribution in [0, 0.1) is 11.8 Å². The van der Waals surface area contributed by atoms with Crippen LogP contribution < -0.4 is 5.69 Å². The molecule has 8 heteroatoms. The second-order valence-electron chi connectivity index (χ2n) is 7.63. The number of hydrogen-bond acceptors (Lipinski definition) is 5. The molecule has 1 aliphatic carbocycles. The first-order valence-electron chi connectivity index (χ1n) is 9.54. The number of carbonyl (C=O) groups excluding carboxylic acids is 1. The smallest absolute Gasteiger partial charge is 0.343 e. The van der Waals surface area contributed by atoms with E-state index in [0.717, 1.165) is 12.0 Å². The number of nitrogens with zero attached hydrogens (tertiary/aromatic N) is 4. The van der Waals surface area contributed by atoms with Gasteiger partial charge in [-0.15, -0.1) is 0 Å². The summed E-state index contributed by atoms with van der Waals surface area (Å²) in [5.74, 6) is 2.16. The molecule has 1 N–H and O–H groups in total. The van der Waals surface area contributed by atoms with Gasteiger partial charge >= 0.3 is 5.69 Å². The SMILES string of the molecule is Cn1c(C2C(C3CC3)CCN2C(=O)c2cccc(-c3cnco3)c2)n[nH]c1=O. The van der Waals surface area contributed by atoms with Crippen LogP contribution in [0.15, 0.2) is 46.1 Å². The number of benzene rings is 1. The third-order valence-corrected chi connectivity index (χ3v) is 5.94. The largest absolute Gasteiger partial charge is 0.444 e. The van der Waals surface area contributed by atoms with E-state index in [9.17, 15) is 9.59 Å². The van der Waals surface area contributed by atoms with Crippen molar-refractivity contribution in [3.8, 4) is 11.3 Å². The van der Waals surface area contributed by atoms with Crippen LogP contribution in [0.3, 0.4) is 0 Å². The van der Waals surface area contributed by atoms with Crippen LogP contribution >= 0.6 is 0 Å². The quantitative estimate of drug-likeness (QED) is 0.751. The minimum absolute atomic E-state index is 0.0510. The van der Waals surface area contributed by atoms with Gasteiger partial charge in [0.1, 0.15) is 0 Å². The lowest BCUT2D eigenvalue weighted by molar-refractivity contribution is 0.0701. The van der Waals surface area contributed by atoms with Crippen LogP contribution in [0.5, 0.6) is 0 Å². The molecule has 2 unspecified atom stereocenters. The Morgan fingerprint density at radius 2 is 2.14 bits per heavy atom. The van der Waals surface area contributed by atoms with Gasteiger partial charge in [-0.05, 0) is 43.2 Å². The highest BCUT2D eigenvalue weighted by Gasteiger charge is 2.47. The molecule has 1 amide bonds. The third-order valence-electron chi connectivity index (χ3n) is 5.94. The highest BCUT2D eigenvalue weighted by Crippen LogP contribution is 2.50. The number of H-pyrrole nitrogens is 1. The molecular formula is C20H21N5O3. The molecule has 2 atom stereocenters. The van der Waals surface area contributed by atoms with E-state index in [4.69, 9.17) is 4.42 Å². The monoisotopic (exact) mass is 379 g/mol. The van der Waals surface area contributed by atoms with Crippen LogP contribution in [0.1, 0.15) is 41.5 Å². The molecule has 2 aliphatic rings. The van der Waals surface area contributed by atoms with Crippen molar-refractivity contribution >= 4 is 5.91 Å². The Bertz CT molecular complexity index is 1060. The summed E-state index contributed by atoms with van der Waals surface area (Å²) >= 11 is 0. The lowest BCUT2D eigenvalue weighted by atomic mass is 9.94. The summed E-state index contributed by atoms with van der Waals surface area (Å²) in [5, 5.41) is 6.77. The minimum atomic E-state index is -0.254. The average molecular weight is 379 g/mol. The zero-order valence-electron chi connectivity index (χ0n) is 15.5. The van der Waals surface area contributed by atoms with Crippen molar-refractivity contribution in [2.45, 2.75) is 25.3 Å². The predicted molar refractivity (Wildman–Crippen MR) is 100 cm³/mol. The fourth-order valence-electron chi connectivity index (χ4n) is 4.35. The average Bonchev–Trinajstić information content (AvgIpc) is 3.11. The molecule has 1 aromatic carbocycles. The fourth-order valence-corrected chi connectivity index (χ4v) is 4.35. The van der Waals surface area contributed by atoms with E-state index in [1.807, 2.05) is 29.2 Å². The Labute approximate surface area is 161 Å². The molecule has 8 nitrogen and oxygen atoms in total. The van der Waals surface area contributed by atoms with Gasteiger partial charge in [0.15, 0.2) is 18.0 Å². The number of oxazole rings is 1. The summed E-state index contributed by atoms with van der Waals surface area (Å²) in [6.07, 6.45) is 6.30. The van der Waals surface area contributed by atoms with E-state index in [1.54, 1.807) is 13.2 Å². The third kappa shape index (κ3) is 2.76. The van der Waals surface area contributed by atoms with Gasteiger partial charge in [-0.3, -0.25) is 9.36 Å². The van der Waals surface area contributed by atoms with Crippen LogP contribution in [0.2, 0.25) is 0 Å². The van der Waals surface area contributed by atoms with Crippen molar-refractivity contribution in [3.63, 3.8) is 0 Å². The highest BCUT2D eigenvalue weighted by molar-refractivity contribution is 5.95. The van der Waals surface area contributed by atoms with Gasteiger partial charge in [-0.2, -0.15) is 5.10 Å². The minimum Gasteiger partial charge on any atom is -0.444 e. The summed E-state index contributed by atoms with van der Waals surface area (Å²) in [6, 6.07) is 7.20. The maximum atomic E-state index is 13.4. The van der Waals surface area contributed by atoms with Crippen LogP contribution in [-0.4, -0.2) is 37.1 Å². The van der Waals surface area contributed by atoms with Crippen molar-refractivity contribution in [2.24, 2.45) is 18.9 Å². The molecule has 1 saturated heterocycles. The van der Waals surface area contributed by atoms with Crippen molar-refractivity contribution in [1.82, 2.24) is 24.6 Å². The number of nitrogens with one attached hydrogen (secondary N) is 1. The molecule has 28 heavy (non-hydrogen) atoms. The standard InChI is InChI=1S/C20H21N5O3/c1-24-18(22-23-20(24)27)17-15(12-5-6-12)7-8-25(17)19(26)14-4-2-3-13(9-14)16-10-21-11-28-16/h2-4,9-12,15,17H,5-8H2,1H3,(H,23,27). The van der Waals surface area contributed by atoms with Crippen molar-refractivity contribution in [2.75, 3.05) is 6.54 Å². The van der Waals surface area contributed by atoms with Gasteiger partial charge in [0.05, 0.1) is 12.2 Å². The van der Waals surface area contributed by atoms with Gasteiger partial charge in [-0.25, -0.2) is 14.9 Å². The van der Waals surface area contributed by atoms with Gasteiger partial charge in [0, 0.05) is 24.7 Å². The normalized spacial score (nSPS) is 22.0. The second kappa shape index (κ2) is 6.47. The summed E-state index contributed by atoms with van der Waals surface area (Å²) in [4.78, 5) is 31.2. The lowest BCUT2D eigenvalue weighted by Gasteiger charge is -2.27. The van der Waals surface area contributed by atoms with Crippen molar-refractivity contribution in [3.05, 3.63) is 58.7 Å². The predicted octanol–water partition coefficient (Wildman–Crippen LogP) is 2.38. The van der Waals surface area contributed by atoms with Gasteiger partial charge < -0.3 is 9.32 Å². The molecule has 3 heterocycles. The number of carbonyl (C=O) groups is 1. The molecule has 2 aromatic heterocycles. The fraction of sp³-hybridized carbons (Fsp3) is 0.400. The molecular weight excluding hydrogens is 358 g/mol. The highest BCUT2D eigenvalue weighted by atomic mass is 16.3. The summed E-state index contributed by atoms with van der Waals surface area (Å²) in [7, 11) is 1.70. The maximum Gasteiger partial charge on any atom is 0.343 e. The molecule has 1 aliphatic heterocycles. The number of rotatable bonds is 4. The Morgan fingerprint density at radius 1 is 1.29 bits per heavy atom. The van der Waals surface area contributed by atoms with E-state index in [-0.39, 0.29) is 17.6 Å². The number of hydrogen-bond donors (Lipinski definition) is 1. The first-order valence-corrected chi connectivity index (χ1v) is 9.54. The van der Waals surface area contributed by atoms with Crippen molar-refractivity contribution in [1.29, 1.82) is 0 Å². The number of likely N-dealkylation sites (tertiary alicyclic amines) is 1. The van der Waals surface area contributed by atoms with E-state index >= 15 is 0 Å². The molecule has 3 aromatic rings. The van der Waals surface area contributed by atoms with Crippen molar-refractivity contribution < 1.29 is 9.21 Å². The molecule has 2 fully saturated rings. The number of aromatic amines is 1. The second-order valence-corrected chi connectivity index (χ2v) is 7.63. The van der Waals surface area contributed by atoms with Gasteiger partial charge in [0.25, 0.3) is 5.91 Å². The first kappa shape index (κ1) is 17.0. The maximum absolute atomic E-state index is 13.4. The zero-order chi connectivity index (χ0) is 19.3. The first-order chi connectivity index (χ1) is 13.6. The Hall–Kier alpha value is -3.16. The molecule has 0 radical (unpaired) electrons. The Balaban J connectivity index is 1.50. The van der Waals surface area contributed by atoms with Crippen LogP contribution in [0.25, 0.3) is 11.3 Å². The summed E-state index contributed by atoms with van der Waals surface area (Å²) in [6.45, 7) is 0.665. The van der Waals surface area contributed by atoms with Crippen LogP contribution in [-0.2, 0) is 7.05 Å². The molecule has 1 saturated carbocycles. The van der Waals surface area contributed by atoms with Crippen LogP contribution in [0.4, 0.5) is 0 Å². The van der Waals surface area contributed by atoms with E-state index < -0.39 is 0 Å². The molecule has 0 spiro atoms. The Kier molecular flexibility index (Phi) is 3.92. The summed E-state index contributed by atoms with van der Waals surface area (Å²) < 4.78 is 6.88. The molecule has 144 valence electrons. The van der Waals surface area contributed by atoms with E-state index in [2.05, 4.69) is 15.2 Å². The summed E-state index contributed by atoms with van der Waals surface area (Å²) in [5.41, 5.74) is 1.15. The number of aromatic nitrogens is 4. The Morgan fingerprint density at radius 3 is 2.82 bits per heavy atom. The lowest BCUT2D eigenvalue weighted by Crippen LogP contribution is -2.34. The van der Waals surface area contributed by atoms with E-state index in [1.165, 1.54) is 23.8 Å². The van der Waals surface area contributed by atoms with Gasteiger partial charge in [0.2, 0.25) is 0 Å². The molecule has 5 rings (SSSR count). The molecule has 0 bridgehead atoms. The topological polar surface area (TPSA) is 97.0 Å². The van der Waals surface area contributed by atoms with Gasteiger partial charge in [-0.1, -0.05) is 12.1 Å². The zero-order valence-corrected chi connectivity index (χ0v) is 15.5. The van der Waals surface area contributed by atoms with E-state index in [0.29, 0.717) is 35.5 Å².